The monoisotopic (exact) mass is 172 g/mol. The van der Waals surface area contributed by atoms with Gasteiger partial charge in [-0.05, 0) is 0 Å². The van der Waals surface area contributed by atoms with E-state index in [1.54, 1.807) is 0 Å². The van der Waals surface area contributed by atoms with E-state index in [0.717, 1.165) is 0 Å². The Morgan fingerprint density at radius 2 is 1.40 bits per heavy atom. The lowest BCUT2D eigenvalue weighted by molar-refractivity contribution is 0.0450. The van der Waals surface area contributed by atoms with Crippen LogP contribution in [0.5, 0.6) is 0 Å². The lowest BCUT2D eigenvalue weighted by Gasteiger charge is -1.96. The van der Waals surface area contributed by atoms with Crippen LogP contribution in [0.4, 0.5) is 0 Å². The number of hydrogen-bond acceptors (Lipinski definition) is 4. The Balaban J connectivity index is 0. The van der Waals surface area contributed by atoms with Gasteiger partial charge in [-0.25, -0.2) is 0 Å². The van der Waals surface area contributed by atoms with E-state index < -0.39 is 6.10 Å². The normalized spacial score (nSPS) is 9.00. The molecular formula is C5H13ClO4. The highest BCUT2D eigenvalue weighted by Gasteiger charge is 1.93. The number of aliphatic hydroxyl groups is 4. The summed E-state index contributed by atoms with van der Waals surface area (Å²) in [4.78, 5) is 0. The fourth-order valence-corrected chi connectivity index (χ4v) is 0.0577. The molecule has 4 N–H and O–H groups in total. The molecular weight excluding hydrogens is 160 g/mol. The summed E-state index contributed by atoms with van der Waals surface area (Å²) < 4.78 is 0. The summed E-state index contributed by atoms with van der Waals surface area (Å²) in [6.07, 6.45) is -0.954. The van der Waals surface area contributed by atoms with Crippen LogP contribution >= 0.6 is 11.6 Å². The summed E-state index contributed by atoms with van der Waals surface area (Å²) in [5.41, 5.74) is 0. The summed E-state index contributed by atoms with van der Waals surface area (Å²) in [7, 11) is 0. The zero-order chi connectivity index (χ0) is 8.41. The van der Waals surface area contributed by atoms with E-state index in [2.05, 4.69) is 0 Å². The molecule has 5 heteroatoms. The Morgan fingerprint density at radius 3 is 1.40 bits per heavy atom. The molecule has 0 aliphatic carbocycles. The van der Waals surface area contributed by atoms with E-state index in [4.69, 9.17) is 32.0 Å². The maximum absolute atomic E-state index is 8.17. The molecule has 0 fully saturated rings. The molecule has 0 aromatic carbocycles. The SMILES string of the molecule is OCC(O)CO.OCCCl. The summed E-state index contributed by atoms with van der Waals surface area (Å²) in [6.45, 7) is -0.644. The van der Waals surface area contributed by atoms with E-state index in [1.807, 2.05) is 0 Å². The van der Waals surface area contributed by atoms with Crippen molar-refractivity contribution >= 4 is 11.6 Å². The fraction of sp³-hybridized carbons (Fsp3) is 1.00. The molecule has 0 bridgehead atoms. The van der Waals surface area contributed by atoms with Crippen molar-refractivity contribution in [3.63, 3.8) is 0 Å². The van der Waals surface area contributed by atoms with Gasteiger partial charge >= 0.3 is 0 Å². The van der Waals surface area contributed by atoms with Crippen molar-refractivity contribution in [1.82, 2.24) is 0 Å². The van der Waals surface area contributed by atoms with Gasteiger partial charge in [0.1, 0.15) is 6.10 Å². The predicted molar refractivity (Wildman–Crippen MR) is 38.0 cm³/mol. The van der Waals surface area contributed by atoms with Gasteiger partial charge in [0.25, 0.3) is 0 Å². The number of alkyl halides is 1. The van der Waals surface area contributed by atoms with Gasteiger partial charge in [0.05, 0.1) is 19.8 Å². The molecule has 10 heavy (non-hydrogen) atoms. The van der Waals surface area contributed by atoms with Crippen LogP contribution in [-0.2, 0) is 0 Å². The minimum absolute atomic E-state index is 0.0849. The number of rotatable bonds is 3. The third kappa shape index (κ3) is 15.7. The van der Waals surface area contributed by atoms with Crippen molar-refractivity contribution in [3.8, 4) is 0 Å². The first kappa shape index (κ1) is 12.8. The molecule has 0 unspecified atom stereocenters. The maximum atomic E-state index is 8.17. The second-order valence-corrected chi connectivity index (χ2v) is 1.81. The van der Waals surface area contributed by atoms with Gasteiger partial charge in [0, 0.05) is 5.88 Å². The molecule has 64 valence electrons. The van der Waals surface area contributed by atoms with Gasteiger partial charge in [0.2, 0.25) is 0 Å². The smallest absolute Gasteiger partial charge is 0.100 e. The standard InChI is InChI=1S/C3H8O3.C2H5ClO/c4-1-3(6)2-5;3-1-2-4/h3-6H,1-2H2;4H,1-2H2. The van der Waals surface area contributed by atoms with Gasteiger partial charge in [0.15, 0.2) is 0 Å². The van der Waals surface area contributed by atoms with Crippen molar-refractivity contribution in [2.45, 2.75) is 6.10 Å². The van der Waals surface area contributed by atoms with Gasteiger partial charge in [-0.3, -0.25) is 0 Å². The van der Waals surface area contributed by atoms with Crippen LogP contribution in [0.3, 0.4) is 0 Å². The average Bonchev–Trinajstić information content (AvgIpc) is 2.03. The second kappa shape index (κ2) is 11.9. The average molecular weight is 173 g/mol. The molecule has 0 aliphatic heterocycles. The number of aliphatic hydroxyl groups excluding tert-OH is 4. The Hall–Kier alpha value is 0.130. The molecule has 0 saturated carbocycles. The Morgan fingerprint density at radius 1 is 1.10 bits per heavy atom. The highest BCUT2D eigenvalue weighted by molar-refractivity contribution is 6.17. The van der Waals surface area contributed by atoms with Crippen LogP contribution < -0.4 is 0 Å². The summed E-state index contributed by atoms with van der Waals surface area (Å²) >= 11 is 4.94. The molecule has 0 heterocycles. The number of hydrogen-bond donors (Lipinski definition) is 4. The molecule has 0 aliphatic rings. The molecule has 0 radical (unpaired) electrons. The first-order valence-corrected chi connectivity index (χ1v) is 3.33. The predicted octanol–water partition coefficient (Wildman–Crippen LogP) is -1.45. The van der Waals surface area contributed by atoms with Crippen molar-refractivity contribution < 1.29 is 20.4 Å². The molecule has 0 amide bonds. The zero-order valence-corrected chi connectivity index (χ0v) is 6.33. The molecule has 0 spiro atoms. The van der Waals surface area contributed by atoms with Crippen LogP contribution in [0.25, 0.3) is 0 Å². The van der Waals surface area contributed by atoms with E-state index in [0.29, 0.717) is 5.88 Å². The van der Waals surface area contributed by atoms with E-state index in [9.17, 15) is 0 Å². The van der Waals surface area contributed by atoms with E-state index in [1.165, 1.54) is 0 Å². The zero-order valence-electron chi connectivity index (χ0n) is 5.57. The van der Waals surface area contributed by atoms with Gasteiger partial charge < -0.3 is 20.4 Å². The first-order chi connectivity index (χ1) is 4.72. The van der Waals surface area contributed by atoms with Crippen molar-refractivity contribution in [3.05, 3.63) is 0 Å². The molecule has 4 nitrogen and oxygen atoms in total. The first-order valence-electron chi connectivity index (χ1n) is 2.79. The van der Waals surface area contributed by atoms with E-state index >= 15 is 0 Å². The van der Waals surface area contributed by atoms with Crippen LogP contribution in [0.1, 0.15) is 0 Å². The quantitative estimate of drug-likeness (QED) is 0.393. The van der Waals surface area contributed by atoms with Crippen LogP contribution in [0.15, 0.2) is 0 Å². The minimum atomic E-state index is -0.954. The van der Waals surface area contributed by atoms with Crippen molar-refractivity contribution in [2.75, 3.05) is 25.7 Å². The van der Waals surface area contributed by atoms with Crippen LogP contribution in [-0.4, -0.2) is 52.2 Å². The van der Waals surface area contributed by atoms with Crippen LogP contribution in [0, 0.1) is 0 Å². The topological polar surface area (TPSA) is 80.9 Å². The van der Waals surface area contributed by atoms with Gasteiger partial charge in [-0.15, -0.1) is 11.6 Å². The maximum Gasteiger partial charge on any atom is 0.100 e. The Labute approximate surface area is 64.7 Å². The molecule has 0 aromatic rings. The van der Waals surface area contributed by atoms with Crippen molar-refractivity contribution in [1.29, 1.82) is 0 Å². The highest BCUT2D eigenvalue weighted by atomic mass is 35.5. The fourth-order valence-electron chi connectivity index (χ4n) is 0.0577. The second-order valence-electron chi connectivity index (χ2n) is 1.43. The van der Waals surface area contributed by atoms with Crippen molar-refractivity contribution in [2.24, 2.45) is 0 Å². The van der Waals surface area contributed by atoms with E-state index in [-0.39, 0.29) is 19.8 Å². The Bertz CT molecular complexity index is 46.9. The summed E-state index contributed by atoms with van der Waals surface area (Å²) in [5, 5.41) is 31.8. The number of halogens is 1. The summed E-state index contributed by atoms with van der Waals surface area (Å²) in [6, 6.07) is 0. The van der Waals surface area contributed by atoms with Crippen LogP contribution in [0.2, 0.25) is 0 Å². The minimum Gasteiger partial charge on any atom is -0.395 e. The molecule has 0 atom stereocenters. The lowest BCUT2D eigenvalue weighted by Crippen LogP contribution is -2.15. The highest BCUT2D eigenvalue weighted by Crippen LogP contribution is 1.71. The third-order valence-corrected chi connectivity index (χ3v) is 0.675. The third-order valence-electron chi connectivity index (χ3n) is 0.506. The Kier molecular flexibility index (Phi) is 15.2. The summed E-state index contributed by atoms with van der Waals surface area (Å²) in [5.74, 6) is 0.347. The molecule has 0 aromatic heterocycles. The van der Waals surface area contributed by atoms with Gasteiger partial charge in [-0.2, -0.15) is 0 Å². The lowest BCUT2D eigenvalue weighted by atomic mass is 10.4. The van der Waals surface area contributed by atoms with Gasteiger partial charge in [-0.1, -0.05) is 0 Å². The largest absolute Gasteiger partial charge is 0.395 e. The molecule has 0 rings (SSSR count). The molecule has 0 saturated heterocycles.